The van der Waals surface area contributed by atoms with E-state index in [1.807, 2.05) is 53.4 Å². The van der Waals surface area contributed by atoms with Gasteiger partial charge in [-0.15, -0.1) is 0 Å². The van der Waals surface area contributed by atoms with Gasteiger partial charge in [0.05, 0.1) is 19.1 Å². The van der Waals surface area contributed by atoms with Crippen LogP contribution in [0.15, 0.2) is 65.2 Å². The van der Waals surface area contributed by atoms with Crippen molar-refractivity contribution in [2.45, 2.75) is 31.8 Å². The van der Waals surface area contributed by atoms with Gasteiger partial charge in [-0.05, 0) is 17.5 Å². The first-order chi connectivity index (χ1) is 14.3. The summed E-state index contributed by atoms with van der Waals surface area (Å²) in [5, 5.41) is 4.04. The number of amides is 1. The standard InChI is InChI=1S/C23H25N3O3/c27-22(12-11-18-7-3-1-4-8-18)26-15-20(16-26)23-24-21(25-29-23)13-14-28-17-19-9-5-2-6-10-19/h1-10,20H,11-17H2. The topological polar surface area (TPSA) is 68.5 Å². The van der Waals surface area contributed by atoms with Crippen LogP contribution in [0.25, 0.3) is 0 Å². The molecule has 3 aromatic rings. The van der Waals surface area contributed by atoms with Crippen LogP contribution in [0.3, 0.4) is 0 Å². The van der Waals surface area contributed by atoms with Crippen molar-refractivity contribution in [2.75, 3.05) is 19.7 Å². The van der Waals surface area contributed by atoms with Crippen molar-refractivity contribution >= 4 is 5.91 Å². The monoisotopic (exact) mass is 391 g/mol. The van der Waals surface area contributed by atoms with Crippen LogP contribution in [0.2, 0.25) is 0 Å². The lowest BCUT2D eigenvalue weighted by Gasteiger charge is -2.37. The second kappa shape index (κ2) is 9.47. The fourth-order valence-corrected chi connectivity index (χ4v) is 3.36. The second-order valence-electron chi connectivity index (χ2n) is 7.32. The number of nitrogens with zero attached hydrogens (tertiary/aromatic N) is 3. The van der Waals surface area contributed by atoms with Gasteiger partial charge in [0.1, 0.15) is 0 Å². The summed E-state index contributed by atoms with van der Waals surface area (Å²) in [7, 11) is 0. The van der Waals surface area contributed by atoms with Gasteiger partial charge in [0, 0.05) is 25.9 Å². The number of ether oxygens (including phenoxy) is 1. The fourth-order valence-electron chi connectivity index (χ4n) is 3.36. The van der Waals surface area contributed by atoms with E-state index < -0.39 is 0 Å². The Labute approximate surface area is 170 Å². The van der Waals surface area contributed by atoms with Gasteiger partial charge in [0.25, 0.3) is 0 Å². The predicted molar refractivity (Wildman–Crippen MR) is 108 cm³/mol. The summed E-state index contributed by atoms with van der Waals surface area (Å²) in [5.41, 5.74) is 2.33. The Hall–Kier alpha value is -2.99. The Morgan fingerprint density at radius 3 is 2.41 bits per heavy atom. The maximum atomic E-state index is 12.3. The highest BCUT2D eigenvalue weighted by molar-refractivity contribution is 5.77. The van der Waals surface area contributed by atoms with Crippen molar-refractivity contribution in [3.05, 3.63) is 83.5 Å². The first-order valence-electron chi connectivity index (χ1n) is 10.0. The molecular weight excluding hydrogens is 366 g/mol. The molecule has 29 heavy (non-hydrogen) atoms. The van der Waals surface area contributed by atoms with Crippen LogP contribution in [-0.4, -0.2) is 40.6 Å². The van der Waals surface area contributed by atoms with Gasteiger partial charge in [0.2, 0.25) is 11.8 Å². The normalized spacial score (nSPS) is 14.0. The van der Waals surface area contributed by atoms with Crippen molar-refractivity contribution in [1.29, 1.82) is 0 Å². The average molecular weight is 391 g/mol. The van der Waals surface area contributed by atoms with Gasteiger partial charge in [0.15, 0.2) is 5.82 Å². The van der Waals surface area contributed by atoms with E-state index in [4.69, 9.17) is 9.26 Å². The lowest BCUT2D eigenvalue weighted by molar-refractivity contribution is -0.135. The summed E-state index contributed by atoms with van der Waals surface area (Å²) in [5.74, 6) is 1.60. The molecule has 6 heteroatoms. The summed E-state index contributed by atoms with van der Waals surface area (Å²) in [4.78, 5) is 18.6. The van der Waals surface area contributed by atoms with Crippen LogP contribution in [0, 0.1) is 0 Å². The molecule has 150 valence electrons. The molecule has 1 fully saturated rings. The van der Waals surface area contributed by atoms with Crippen LogP contribution in [-0.2, 0) is 29.0 Å². The number of carbonyl (C=O) groups excluding carboxylic acids is 1. The number of hydrogen-bond acceptors (Lipinski definition) is 5. The van der Waals surface area contributed by atoms with E-state index in [-0.39, 0.29) is 11.8 Å². The number of likely N-dealkylation sites (tertiary alicyclic amines) is 1. The van der Waals surface area contributed by atoms with E-state index in [1.165, 1.54) is 5.56 Å². The minimum absolute atomic E-state index is 0.141. The maximum Gasteiger partial charge on any atom is 0.233 e. The van der Waals surface area contributed by atoms with Gasteiger partial charge in [-0.2, -0.15) is 4.98 Å². The van der Waals surface area contributed by atoms with Crippen LogP contribution < -0.4 is 0 Å². The quantitative estimate of drug-likeness (QED) is 0.523. The van der Waals surface area contributed by atoms with Crippen LogP contribution in [0.4, 0.5) is 0 Å². The van der Waals surface area contributed by atoms with E-state index in [9.17, 15) is 4.79 Å². The molecule has 0 bridgehead atoms. The van der Waals surface area contributed by atoms with Gasteiger partial charge >= 0.3 is 0 Å². The largest absolute Gasteiger partial charge is 0.376 e. The molecule has 2 aromatic carbocycles. The number of carbonyl (C=O) groups is 1. The SMILES string of the molecule is O=C(CCc1ccccc1)N1CC(c2nc(CCOCc3ccccc3)no2)C1. The Bertz CT molecular complexity index is 905. The highest BCUT2D eigenvalue weighted by Gasteiger charge is 2.35. The van der Waals surface area contributed by atoms with E-state index >= 15 is 0 Å². The van der Waals surface area contributed by atoms with Crippen LogP contribution >= 0.6 is 0 Å². The molecule has 6 nitrogen and oxygen atoms in total. The third kappa shape index (κ3) is 5.29. The number of benzene rings is 2. The van der Waals surface area contributed by atoms with Gasteiger partial charge in [-0.3, -0.25) is 4.79 Å². The highest BCUT2D eigenvalue weighted by atomic mass is 16.5. The molecule has 0 aliphatic carbocycles. The molecule has 1 saturated heterocycles. The molecule has 1 aliphatic rings. The first kappa shape index (κ1) is 19.3. The summed E-state index contributed by atoms with van der Waals surface area (Å²) >= 11 is 0. The molecule has 1 amide bonds. The Morgan fingerprint density at radius 1 is 1.00 bits per heavy atom. The Balaban J connectivity index is 1.15. The smallest absolute Gasteiger partial charge is 0.233 e. The fraction of sp³-hybridized carbons (Fsp3) is 0.348. The lowest BCUT2D eigenvalue weighted by atomic mass is 9.99. The average Bonchev–Trinajstić information content (AvgIpc) is 3.18. The number of hydrogen-bond donors (Lipinski definition) is 0. The van der Waals surface area contributed by atoms with Crippen molar-refractivity contribution in [3.63, 3.8) is 0 Å². The molecule has 0 unspecified atom stereocenters. The van der Waals surface area contributed by atoms with Crippen LogP contribution in [0.5, 0.6) is 0 Å². The third-order valence-electron chi connectivity index (χ3n) is 5.12. The molecule has 4 rings (SSSR count). The van der Waals surface area contributed by atoms with E-state index in [0.717, 1.165) is 12.0 Å². The van der Waals surface area contributed by atoms with Crippen LogP contribution in [0.1, 0.15) is 35.2 Å². The van der Waals surface area contributed by atoms with E-state index in [2.05, 4.69) is 22.3 Å². The van der Waals surface area contributed by atoms with Gasteiger partial charge in [-0.25, -0.2) is 0 Å². The Kier molecular flexibility index (Phi) is 6.32. The van der Waals surface area contributed by atoms with Crippen molar-refractivity contribution in [3.8, 4) is 0 Å². The highest BCUT2D eigenvalue weighted by Crippen LogP contribution is 2.26. The summed E-state index contributed by atoms with van der Waals surface area (Å²) < 4.78 is 11.1. The first-order valence-corrected chi connectivity index (χ1v) is 10.0. The molecule has 1 aromatic heterocycles. The molecule has 0 saturated carbocycles. The molecule has 1 aliphatic heterocycles. The predicted octanol–water partition coefficient (Wildman–Crippen LogP) is 3.39. The van der Waals surface area contributed by atoms with Crippen molar-refractivity contribution in [1.82, 2.24) is 15.0 Å². The third-order valence-corrected chi connectivity index (χ3v) is 5.12. The minimum Gasteiger partial charge on any atom is -0.376 e. The molecular formula is C23H25N3O3. The van der Waals surface area contributed by atoms with E-state index in [0.29, 0.717) is 50.9 Å². The summed E-state index contributed by atoms with van der Waals surface area (Å²) in [6.45, 7) is 2.43. The molecule has 0 N–H and O–H groups in total. The zero-order valence-corrected chi connectivity index (χ0v) is 16.4. The molecule has 0 atom stereocenters. The number of aryl methyl sites for hydroxylation is 1. The van der Waals surface area contributed by atoms with Crippen molar-refractivity contribution < 1.29 is 14.1 Å². The maximum absolute atomic E-state index is 12.3. The minimum atomic E-state index is 0.141. The lowest BCUT2D eigenvalue weighted by Crippen LogP contribution is -2.48. The summed E-state index contributed by atoms with van der Waals surface area (Å²) in [6, 6.07) is 20.1. The van der Waals surface area contributed by atoms with E-state index in [1.54, 1.807) is 0 Å². The number of rotatable bonds is 9. The number of aromatic nitrogens is 2. The molecule has 2 heterocycles. The molecule has 0 spiro atoms. The zero-order valence-electron chi connectivity index (χ0n) is 16.4. The second-order valence-corrected chi connectivity index (χ2v) is 7.32. The molecule has 0 radical (unpaired) electrons. The Morgan fingerprint density at radius 2 is 1.69 bits per heavy atom. The summed E-state index contributed by atoms with van der Waals surface area (Å²) in [6.07, 6.45) is 1.92. The zero-order chi connectivity index (χ0) is 19.9. The van der Waals surface area contributed by atoms with Gasteiger partial charge < -0.3 is 14.2 Å². The van der Waals surface area contributed by atoms with Crippen molar-refractivity contribution in [2.24, 2.45) is 0 Å². The van der Waals surface area contributed by atoms with Gasteiger partial charge in [-0.1, -0.05) is 65.8 Å².